The van der Waals surface area contributed by atoms with Crippen molar-refractivity contribution < 1.29 is 9.59 Å². The van der Waals surface area contributed by atoms with E-state index in [4.69, 9.17) is 5.73 Å². The molecule has 0 aliphatic carbocycles. The van der Waals surface area contributed by atoms with Crippen molar-refractivity contribution >= 4 is 36.0 Å². The van der Waals surface area contributed by atoms with Crippen molar-refractivity contribution in [3.63, 3.8) is 0 Å². The summed E-state index contributed by atoms with van der Waals surface area (Å²) in [4.78, 5) is 24.6. The molecule has 1 aromatic rings. The molecule has 7 heteroatoms. The second kappa shape index (κ2) is 11.3. The first-order valence-corrected chi connectivity index (χ1v) is 8.74. The zero-order valence-electron chi connectivity index (χ0n) is 13.8. The zero-order valence-corrected chi connectivity index (χ0v) is 15.4. The molecule has 1 aromatic carbocycles. The first-order valence-electron chi connectivity index (χ1n) is 7.34. The van der Waals surface area contributed by atoms with Crippen LogP contribution in [0.1, 0.15) is 29.3 Å². The van der Waals surface area contributed by atoms with Gasteiger partial charge in [-0.05, 0) is 44.4 Å². The third-order valence-electron chi connectivity index (χ3n) is 3.25. The second-order valence-corrected chi connectivity index (χ2v) is 6.31. The number of carbonyl (C=O) groups excluding carboxylic acids is 2. The van der Waals surface area contributed by atoms with Crippen LogP contribution < -0.4 is 16.4 Å². The maximum absolute atomic E-state index is 12.3. The van der Waals surface area contributed by atoms with Gasteiger partial charge < -0.3 is 16.4 Å². The molecular weight excluding hydrogens is 334 g/mol. The predicted molar refractivity (Wildman–Crippen MR) is 99.3 cm³/mol. The fraction of sp³-hybridized carbons (Fsp3) is 0.500. The molecule has 2 atom stereocenters. The van der Waals surface area contributed by atoms with Crippen molar-refractivity contribution in [2.45, 2.75) is 32.4 Å². The number of benzene rings is 1. The van der Waals surface area contributed by atoms with E-state index in [1.54, 1.807) is 23.9 Å². The molecule has 130 valence electrons. The lowest BCUT2D eigenvalue weighted by Gasteiger charge is -2.20. The Hall–Kier alpha value is -1.24. The Kier molecular flexibility index (Phi) is 10.7. The Bertz CT molecular complexity index is 514. The smallest absolute Gasteiger partial charge is 0.251 e. The van der Waals surface area contributed by atoms with E-state index < -0.39 is 6.04 Å². The van der Waals surface area contributed by atoms with Crippen LogP contribution in [-0.4, -0.2) is 42.5 Å². The van der Waals surface area contributed by atoms with E-state index in [0.29, 0.717) is 18.5 Å². The van der Waals surface area contributed by atoms with E-state index in [1.807, 2.05) is 32.2 Å². The lowest BCUT2D eigenvalue weighted by molar-refractivity contribution is -0.123. The van der Waals surface area contributed by atoms with Crippen LogP contribution in [0.5, 0.6) is 0 Å². The van der Waals surface area contributed by atoms with E-state index in [0.717, 1.165) is 11.3 Å². The van der Waals surface area contributed by atoms with Crippen molar-refractivity contribution in [3.8, 4) is 0 Å². The lowest BCUT2D eigenvalue weighted by atomic mass is 10.1. The Balaban J connectivity index is 0.00000484. The average molecular weight is 360 g/mol. The summed E-state index contributed by atoms with van der Waals surface area (Å²) in [5.74, 6) is 0.377. The highest BCUT2D eigenvalue weighted by Crippen LogP contribution is 2.06. The number of nitrogens with two attached hydrogens (primary N) is 1. The maximum Gasteiger partial charge on any atom is 0.251 e. The third kappa shape index (κ3) is 7.72. The second-order valence-electron chi connectivity index (χ2n) is 5.32. The highest BCUT2D eigenvalue weighted by atomic mass is 35.5. The first kappa shape index (κ1) is 21.8. The minimum absolute atomic E-state index is 0. The average Bonchev–Trinajstić information content (AvgIpc) is 2.50. The summed E-state index contributed by atoms with van der Waals surface area (Å²) in [7, 11) is 0. The molecule has 0 aliphatic rings. The molecule has 5 nitrogen and oxygen atoms in total. The highest BCUT2D eigenvalue weighted by molar-refractivity contribution is 7.98. The molecule has 1 unspecified atom stereocenters. The SMILES string of the molecule is CSCCC(NC(=O)c1cccc(C)c1)C(=O)N[C@@H](C)CN.Cl. The van der Waals surface area contributed by atoms with Crippen LogP contribution in [-0.2, 0) is 4.79 Å². The molecule has 0 aliphatic heterocycles. The molecule has 0 bridgehead atoms. The van der Waals surface area contributed by atoms with Crippen LogP contribution in [0.25, 0.3) is 0 Å². The highest BCUT2D eigenvalue weighted by Gasteiger charge is 2.22. The van der Waals surface area contributed by atoms with Gasteiger partial charge in [-0.3, -0.25) is 9.59 Å². The van der Waals surface area contributed by atoms with Gasteiger partial charge in [-0.25, -0.2) is 0 Å². The summed E-state index contributed by atoms with van der Waals surface area (Å²) < 4.78 is 0. The van der Waals surface area contributed by atoms with Gasteiger partial charge in [0, 0.05) is 18.2 Å². The van der Waals surface area contributed by atoms with Gasteiger partial charge in [0.2, 0.25) is 5.91 Å². The van der Waals surface area contributed by atoms with Gasteiger partial charge >= 0.3 is 0 Å². The topological polar surface area (TPSA) is 84.2 Å². The number of amides is 2. The number of hydrogen-bond donors (Lipinski definition) is 3. The predicted octanol–water partition coefficient (Wildman–Crippen LogP) is 1.73. The molecule has 0 fully saturated rings. The molecule has 1 rings (SSSR count). The van der Waals surface area contributed by atoms with Crippen LogP contribution in [0.2, 0.25) is 0 Å². The number of thioether (sulfide) groups is 1. The Morgan fingerprint density at radius 3 is 2.57 bits per heavy atom. The lowest BCUT2D eigenvalue weighted by Crippen LogP contribution is -2.50. The van der Waals surface area contributed by atoms with Crippen molar-refractivity contribution in [1.82, 2.24) is 10.6 Å². The Morgan fingerprint density at radius 2 is 2.00 bits per heavy atom. The van der Waals surface area contributed by atoms with Crippen LogP contribution >= 0.6 is 24.2 Å². The summed E-state index contributed by atoms with van der Waals surface area (Å²) >= 11 is 1.64. The van der Waals surface area contributed by atoms with Gasteiger partial charge in [0.15, 0.2) is 0 Å². The van der Waals surface area contributed by atoms with Crippen LogP contribution in [0.3, 0.4) is 0 Å². The van der Waals surface area contributed by atoms with Crippen molar-refractivity contribution in [3.05, 3.63) is 35.4 Å². The number of aryl methyl sites for hydroxylation is 1. The summed E-state index contributed by atoms with van der Waals surface area (Å²) in [6.07, 6.45) is 2.56. The van der Waals surface area contributed by atoms with Gasteiger partial charge in [-0.2, -0.15) is 11.8 Å². The Morgan fingerprint density at radius 1 is 1.30 bits per heavy atom. The van der Waals surface area contributed by atoms with Crippen LogP contribution in [0.15, 0.2) is 24.3 Å². The molecule has 2 amide bonds. The number of hydrogen-bond acceptors (Lipinski definition) is 4. The van der Waals surface area contributed by atoms with E-state index in [9.17, 15) is 9.59 Å². The summed E-state index contributed by atoms with van der Waals surface area (Å²) in [5, 5.41) is 5.64. The zero-order chi connectivity index (χ0) is 16.5. The van der Waals surface area contributed by atoms with Gasteiger partial charge in [-0.1, -0.05) is 17.7 Å². The van der Waals surface area contributed by atoms with E-state index in [2.05, 4.69) is 10.6 Å². The van der Waals surface area contributed by atoms with Crippen molar-refractivity contribution in [2.24, 2.45) is 5.73 Å². The fourth-order valence-electron chi connectivity index (χ4n) is 1.93. The molecule has 0 radical (unpaired) electrons. The molecule has 0 heterocycles. The standard InChI is InChI=1S/C16H25N3O2S.ClH/c1-11-5-4-6-13(9-11)15(20)19-14(7-8-22-3)16(21)18-12(2)10-17;/h4-6,9,12,14H,7-8,10,17H2,1-3H3,(H,18,21)(H,19,20);1H/t12-,14?;/m0./s1. The quantitative estimate of drug-likeness (QED) is 0.660. The van der Waals surface area contributed by atoms with Crippen LogP contribution in [0, 0.1) is 6.92 Å². The summed E-state index contributed by atoms with van der Waals surface area (Å²) in [6.45, 7) is 4.14. The third-order valence-corrected chi connectivity index (χ3v) is 3.90. The van der Waals surface area contributed by atoms with Gasteiger partial charge in [0.05, 0.1) is 0 Å². The van der Waals surface area contributed by atoms with E-state index >= 15 is 0 Å². The van der Waals surface area contributed by atoms with Crippen molar-refractivity contribution in [1.29, 1.82) is 0 Å². The molecule has 23 heavy (non-hydrogen) atoms. The minimum atomic E-state index is -0.547. The van der Waals surface area contributed by atoms with Crippen molar-refractivity contribution in [2.75, 3.05) is 18.6 Å². The monoisotopic (exact) mass is 359 g/mol. The molecule has 0 spiro atoms. The largest absolute Gasteiger partial charge is 0.351 e. The summed E-state index contributed by atoms with van der Waals surface area (Å²) in [6, 6.07) is 6.65. The van der Waals surface area contributed by atoms with Crippen LogP contribution in [0.4, 0.5) is 0 Å². The van der Waals surface area contributed by atoms with Gasteiger partial charge in [-0.15, -0.1) is 12.4 Å². The number of rotatable bonds is 8. The molecule has 4 N–H and O–H groups in total. The van der Waals surface area contributed by atoms with Gasteiger partial charge in [0.1, 0.15) is 6.04 Å². The fourth-order valence-corrected chi connectivity index (χ4v) is 2.41. The number of nitrogens with one attached hydrogen (secondary N) is 2. The molecule has 0 saturated heterocycles. The maximum atomic E-state index is 12.3. The molecular formula is C16H26ClN3O2S. The first-order chi connectivity index (χ1) is 10.5. The normalized spacial score (nSPS) is 12.7. The van der Waals surface area contributed by atoms with Gasteiger partial charge in [0.25, 0.3) is 5.91 Å². The summed E-state index contributed by atoms with van der Waals surface area (Å²) in [5.41, 5.74) is 7.10. The number of carbonyl (C=O) groups is 2. The van der Waals surface area contributed by atoms with E-state index in [-0.39, 0.29) is 30.3 Å². The minimum Gasteiger partial charge on any atom is -0.351 e. The molecule has 0 saturated carbocycles. The number of halogens is 1. The Labute approximate surface area is 148 Å². The van der Waals surface area contributed by atoms with E-state index in [1.165, 1.54) is 0 Å². The molecule has 0 aromatic heterocycles.